The van der Waals surface area contributed by atoms with Gasteiger partial charge in [-0.2, -0.15) is 0 Å². The molecule has 0 radical (unpaired) electrons. The summed E-state index contributed by atoms with van der Waals surface area (Å²) in [6.07, 6.45) is 3.23. The van der Waals surface area contributed by atoms with Crippen molar-refractivity contribution in [1.82, 2.24) is 9.88 Å². The molecular weight excluding hydrogens is 243 g/mol. The van der Waals surface area contributed by atoms with Crippen molar-refractivity contribution in [2.24, 2.45) is 5.92 Å². The molecule has 106 valence electrons. The highest BCUT2D eigenvalue weighted by Crippen LogP contribution is 2.12. The van der Waals surface area contributed by atoms with E-state index in [0.717, 1.165) is 19.0 Å². The average Bonchev–Trinajstić information content (AvgIpc) is 2.40. The summed E-state index contributed by atoms with van der Waals surface area (Å²) in [6.45, 7) is 6.90. The molecule has 1 rings (SSSR count). The lowest BCUT2D eigenvalue weighted by Crippen LogP contribution is -2.36. The third-order valence-corrected chi connectivity index (χ3v) is 3.56. The van der Waals surface area contributed by atoms with Gasteiger partial charge in [-0.15, -0.1) is 0 Å². The molecule has 0 spiro atoms. The van der Waals surface area contributed by atoms with Crippen LogP contribution in [-0.4, -0.2) is 35.3 Å². The van der Waals surface area contributed by atoms with Crippen LogP contribution in [0.15, 0.2) is 18.3 Å². The maximum Gasteiger partial charge on any atom is 0.185 e. The van der Waals surface area contributed by atoms with E-state index in [0.29, 0.717) is 18.3 Å². The van der Waals surface area contributed by atoms with Crippen LogP contribution in [0.4, 0.5) is 4.39 Å². The smallest absolute Gasteiger partial charge is 0.185 e. The van der Waals surface area contributed by atoms with Crippen molar-refractivity contribution in [1.29, 1.82) is 0 Å². The van der Waals surface area contributed by atoms with Crippen LogP contribution in [0.3, 0.4) is 0 Å². The van der Waals surface area contributed by atoms with Gasteiger partial charge in [-0.25, -0.2) is 4.39 Å². The molecule has 0 amide bonds. The largest absolute Gasteiger partial charge is 0.303 e. The molecule has 0 N–H and O–H groups in total. The minimum atomic E-state index is -0.418. The predicted molar refractivity (Wildman–Crippen MR) is 74.7 cm³/mol. The third kappa shape index (κ3) is 4.39. The van der Waals surface area contributed by atoms with E-state index in [4.69, 9.17) is 0 Å². The van der Waals surface area contributed by atoms with E-state index in [-0.39, 0.29) is 11.7 Å². The molecule has 1 aromatic rings. The zero-order chi connectivity index (χ0) is 14.4. The Bertz CT molecular complexity index is 401. The molecule has 1 unspecified atom stereocenters. The molecule has 0 aromatic carbocycles. The first-order valence-electron chi connectivity index (χ1n) is 6.85. The number of rotatable bonds is 7. The van der Waals surface area contributed by atoms with Crippen molar-refractivity contribution >= 4 is 5.78 Å². The molecular formula is C15H23FN2O. The van der Waals surface area contributed by atoms with Crippen molar-refractivity contribution in [3.63, 3.8) is 0 Å². The first-order valence-corrected chi connectivity index (χ1v) is 6.85. The van der Waals surface area contributed by atoms with Gasteiger partial charge in [-0.3, -0.25) is 9.78 Å². The maximum absolute atomic E-state index is 12.8. The van der Waals surface area contributed by atoms with Crippen LogP contribution in [0.25, 0.3) is 0 Å². The second kappa shape index (κ2) is 7.34. The molecule has 0 saturated heterocycles. The first kappa shape index (κ1) is 15.8. The van der Waals surface area contributed by atoms with Gasteiger partial charge in [-0.1, -0.05) is 20.8 Å². The van der Waals surface area contributed by atoms with Crippen LogP contribution in [0.5, 0.6) is 0 Å². The summed E-state index contributed by atoms with van der Waals surface area (Å²) in [5.74, 6) is -0.584. The van der Waals surface area contributed by atoms with Gasteiger partial charge in [0.15, 0.2) is 5.78 Å². The number of ketones is 1. The van der Waals surface area contributed by atoms with Gasteiger partial charge < -0.3 is 4.90 Å². The van der Waals surface area contributed by atoms with Crippen molar-refractivity contribution < 1.29 is 9.18 Å². The molecule has 3 nitrogen and oxygen atoms in total. The molecule has 1 heterocycles. The van der Waals surface area contributed by atoms with Crippen LogP contribution in [0.2, 0.25) is 0 Å². The number of Topliss-reactive ketones (excluding diaryl/α,β-unsaturated/α-hetero) is 1. The van der Waals surface area contributed by atoms with Gasteiger partial charge in [0, 0.05) is 18.5 Å². The Morgan fingerprint density at radius 1 is 1.37 bits per heavy atom. The summed E-state index contributed by atoms with van der Waals surface area (Å²) in [7, 11) is 2.04. The minimum absolute atomic E-state index is 0.0298. The Kier molecular flexibility index (Phi) is 6.09. The summed E-state index contributed by atoms with van der Waals surface area (Å²) < 4.78 is 12.8. The van der Waals surface area contributed by atoms with E-state index >= 15 is 0 Å². The lowest BCUT2D eigenvalue weighted by Gasteiger charge is -2.28. The number of hydrogen-bond acceptors (Lipinski definition) is 3. The molecule has 1 aromatic heterocycles. The van der Waals surface area contributed by atoms with E-state index in [9.17, 15) is 9.18 Å². The molecule has 1 atom stereocenters. The first-order chi connectivity index (χ1) is 8.99. The van der Waals surface area contributed by atoms with Gasteiger partial charge in [0.25, 0.3) is 0 Å². The monoisotopic (exact) mass is 266 g/mol. The van der Waals surface area contributed by atoms with Crippen molar-refractivity contribution in [3.8, 4) is 0 Å². The van der Waals surface area contributed by atoms with Gasteiger partial charge in [0.2, 0.25) is 0 Å². The number of halogens is 1. The Morgan fingerprint density at radius 3 is 2.47 bits per heavy atom. The summed E-state index contributed by atoms with van der Waals surface area (Å²) in [4.78, 5) is 18.2. The van der Waals surface area contributed by atoms with E-state index in [1.165, 1.54) is 12.1 Å². The Morgan fingerprint density at radius 2 is 2.00 bits per heavy atom. The summed E-state index contributed by atoms with van der Waals surface area (Å²) >= 11 is 0. The zero-order valence-electron chi connectivity index (χ0n) is 12.2. The number of aromatic nitrogens is 1. The average molecular weight is 266 g/mol. The van der Waals surface area contributed by atoms with Crippen molar-refractivity contribution in [3.05, 3.63) is 29.8 Å². The van der Waals surface area contributed by atoms with E-state index in [1.54, 1.807) is 0 Å². The number of nitrogens with zero attached hydrogens (tertiary/aromatic N) is 2. The van der Waals surface area contributed by atoms with Gasteiger partial charge in [0.05, 0.1) is 6.20 Å². The van der Waals surface area contributed by atoms with Crippen LogP contribution >= 0.6 is 0 Å². The molecule has 0 bridgehead atoms. The fourth-order valence-electron chi connectivity index (χ4n) is 2.35. The normalized spacial score (nSPS) is 13.0. The topological polar surface area (TPSA) is 33.2 Å². The standard InChI is InChI=1S/C15H23FN2O/c1-5-13(6-2)18(4)10-11(3)15(19)14-8-7-12(16)9-17-14/h7-9,11,13H,5-6,10H2,1-4H3. The molecule has 0 fully saturated rings. The Labute approximate surface area is 114 Å². The molecule has 0 aliphatic rings. The Hall–Kier alpha value is -1.29. The molecule has 19 heavy (non-hydrogen) atoms. The lowest BCUT2D eigenvalue weighted by atomic mass is 10.0. The number of pyridine rings is 1. The summed E-state index contributed by atoms with van der Waals surface area (Å²) in [5, 5.41) is 0. The van der Waals surface area contributed by atoms with Crippen LogP contribution in [-0.2, 0) is 0 Å². The van der Waals surface area contributed by atoms with E-state index < -0.39 is 5.82 Å². The van der Waals surface area contributed by atoms with Gasteiger partial charge >= 0.3 is 0 Å². The number of carbonyl (C=O) groups is 1. The lowest BCUT2D eigenvalue weighted by molar-refractivity contribution is 0.0878. The highest BCUT2D eigenvalue weighted by molar-refractivity contribution is 5.95. The van der Waals surface area contributed by atoms with E-state index in [1.807, 2.05) is 14.0 Å². The second-order valence-electron chi connectivity index (χ2n) is 5.04. The van der Waals surface area contributed by atoms with Gasteiger partial charge in [0.1, 0.15) is 11.5 Å². The predicted octanol–water partition coefficient (Wildman–Crippen LogP) is 3.16. The van der Waals surface area contributed by atoms with E-state index in [2.05, 4.69) is 23.7 Å². The van der Waals surface area contributed by atoms with Crippen LogP contribution < -0.4 is 0 Å². The van der Waals surface area contributed by atoms with Crippen molar-refractivity contribution in [2.75, 3.05) is 13.6 Å². The SMILES string of the molecule is CCC(CC)N(C)CC(C)C(=O)c1ccc(F)cn1. The number of carbonyl (C=O) groups excluding carboxylic acids is 1. The van der Waals surface area contributed by atoms with Crippen molar-refractivity contribution in [2.45, 2.75) is 39.7 Å². The van der Waals surface area contributed by atoms with Gasteiger partial charge in [-0.05, 0) is 32.0 Å². The highest BCUT2D eigenvalue weighted by atomic mass is 19.1. The number of hydrogen-bond donors (Lipinski definition) is 0. The third-order valence-electron chi connectivity index (χ3n) is 3.56. The maximum atomic E-state index is 12.8. The fraction of sp³-hybridized carbons (Fsp3) is 0.600. The van der Waals surface area contributed by atoms with Crippen LogP contribution in [0.1, 0.15) is 44.1 Å². The molecule has 0 saturated carbocycles. The summed E-state index contributed by atoms with van der Waals surface area (Å²) in [6, 6.07) is 3.22. The van der Waals surface area contributed by atoms with Crippen LogP contribution in [0, 0.1) is 11.7 Å². The fourth-order valence-corrected chi connectivity index (χ4v) is 2.35. The second-order valence-corrected chi connectivity index (χ2v) is 5.04. The zero-order valence-corrected chi connectivity index (χ0v) is 12.2. The Balaban J connectivity index is 2.64. The molecule has 0 aliphatic carbocycles. The summed E-state index contributed by atoms with van der Waals surface area (Å²) in [5.41, 5.74) is 0.340. The quantitative estimate of drug-likeness (QED) is 0.711. The molecule has 4 heteroatoms. The minimum Gasteiger partial charge on any atom is -0.303 e. The highest BCUT2D eigenvalue weighted by Gasteiger charge is 2.20. The molecule has 0 aliphatic heterocycles.